The SMILES string of the molecule is CCCS(=O)(=O)CCn1ccnc1CNC(C)C. The Balaban J connectivity index is 2.55. The summed E-state index contributed by atoms with van der Waals surface area (Å²) in [4.78, 5) is 4.24. The molecule has 1 N–H and O–H groups in total. The molecule has 0 saturated heterocycles. The van der Waals surface area contributed by atoms with Crippen molar-refractivity contribution in [3.05, 3.63) is 18.2 Å². The predicted octanol–water partition coefficient (Wildman–Crippen LogP) is 1.21. The number of aromatic nitrogens is 2. The Hall–Kier alpha value is -0.880. The molecule has 0 aromatic carbocycles. The van der Waals surface area contributed by atoms with E-state index in [9.17, 15) is 8.42 Å². The van der Waals surface area contributed by atoms with E-state index in [4.69, 9.17) is 0 Å². The largest absolute Gasteiger partial charge is 0.333 e. The van der Waals surface area contributed by atoms with Gasteiger partial charge in [0.1, 0.15) is 5.82 Å². The van der Waals surface area contributed by atoms with E-state index in [2.05, 4.69) is 24.1 Å². The number of hydrogen-bond acceptors (Lipinski definition) is 4. The van der Waals surface area contributed by atoms with E-state index in [1.54, 1.807) is 6.20 Å². The Morgan fingerprint density at radius 1 is 1.39 bits per heavy atom. The van der Waals surface area contributed by atoms with Crippen LogP contribution in [-0.4, -0.2) is 35.5 Å². The van der Waals surface area contributed by atoms with Gasteiger partial charge >= 0.3 is 0 Å². The third-order valence-corrected chi connectivity index (χ3v) is 4.46. The molecule has 18 heavy (non-hydrogen) atoms. The molecule has 0 unspecified atom stereocenters. The summed E-state index contributed by atoms with van der Waals surface area (Å²) in [5.74, 6) is 1.34. The standard InChI is InChI=1S/C12H23N3O2S/c1-4-8-18(16,17)9-7-15-6-5-13-12(15)10-14-11(2)3/h5-6,11,14H,4,7-10H2,1-3H3. The Bertz CT molecular complexity index is 452. The molecular formula is C12H23N3O2S. The summed E-state index contributed by atoms with van der Waals surface area (Å²) in [6.07, 6.45) is 4.22. The van der Waals surface area contributed by atoms with Crippen LogP contribution in [0.15, 0.2) is 12.4 Å². The van der Waals surface area contributed by atoms with Gasteiger partial charge in [-0.05, 0) is 6.42 Å². The summed E-state index contributed by atoms with van der Waals surface area (Å²) in [6.45, 7) is 7.17. The molecule has 1 rings (SSSR count). The molecule has 0 radical (unpaired) electrons. The van der Waals surface area contributed by atoms with E-state index in [0.717, 1.165) is 5.82 Å². The number of nitrogens with zero attached hydrogens (tertiary/aromatic N) is 2. The fourth-order valence-electron chi connectivity index (χ4n) is 1.66. The van der Waals surface area contributed by atoms with Crippen LogP contribution < -0.4 is 5.32 Å². The minimum atomic E-state index is -2.92. The van der Waals surface area contributed by atoms with E-state index >= 15 is 0 Å². The van der Waals surface area contributed by atoms with E-state index in [-0.39, 0.29) is 11.5 Å². The van der Waals surface area contributed by atoms with Crippen molar-refractivity contribution in [3.8, 4) is 0 Å². The number of sulfone groups is 1. The van der Waals surface area contributed by atoms with Crippen LogP contribution in [0.4, 0.5) is 0 Å². The topological polar surface area (TPSA) is 64.0 Å². The molecule has 0 fully saturated rings. The summed E-state index contributed by atoms with van der Waals surface area (Å²) in [5.41, 5.74) is 0. The summed E-state index contributed by atoms with van der Waals surface area (Å²) in [6, 6.07) is 0.388. The monoisotopic (exact) mass is 273 g/mol. The van der Waals surface area contributed by atoms with Gasteiger partial charge in [0.25, 0.3) is 0 Å². The first kappa shape index (κ1) is 15.2. The molecule has 0 atom stereocenters. The average molecular weight is 273 g/mol. The quantitative estimate of drug-likeness (QED) is 0.773. The third kappa shape index (κ3) is 5.18. The smallest absolute Gasteiger partial charge is 0.152 e. The van der Waals surface area contributed by atoms with E-state index in [1.165, 1.54) is 0 Å². The Labute approximate surface area is 110 Å². The van der Waals surface area contributed by atoms with Crippen LogP contribution in [0.2, 0.25) is 0 Å². The molecule has 0 bridgehead atoms. The summed E-state index contributed by atoms with van der Waals surface area (Å²) in [5, 5.41) is 3.28. The van der Waals surface area contributed by atoms with Crippen LogP contribution in [0, 0.1) is 0 Å². The van der Waals surface area contributed by atoms with Crippen molar-refractivity contribution in [1.29, 1.82) is 0 Å². The summed E-state index contributed by atoms with van der Waals surface area (Å²) >= 11 is 0. The lowest BCUT2D eigenvalue weighted by atomic mass is 10.4. The van der Waals surface area contributed by atoms with Gasteiger partial charge in [-0.2, -0.15) is 0 Å². The highest BCUT2D eigenvalue weighted by molar-refractivity contribution is 7.91. The zero-order chi connectivity index (χ0) is 13.6. The molecule has 5 nitrogen and oxygen atoms in total. The highest BCUT2D eigenvalue weighted by Crippen LogP contribution is 2.01. The molecule has 1 aromatic heterocycles. The van der Waals surface area contributed by atoms with Gasteiger partial charge in [-0.15, -0.1) is 0 Å². The normalized spacial score (nSPS) is 12.2. The van der Waals surface area contributed by atoms with Crippen LogP contribution in [0.3, 0.4) is 0 Å². The molecule has 0 saturated carbocycles. The first-order valence-corrected chi connectivity index (χ1v) is 8.20. The third-order valence-electron chi connectivity index (χ3n) is 2.63. The molecule has 1 heterocycles. The van der Waals surface area contributed by atoms with Gasteiger partial charge in [0.2, 0.25) is 0 Å². The summed E-state index contributed by atoms with van der Waals surface area (Å²) < 4.78 is 25.2. The molecule has 104 valence electrons. The number of nitrogens with one attached hydrogen (secondary N) is 1. The molecule has 0 aliphatic heterocycles. The molecule has 1 aromatic rings. The molecule has 0 spiro atoms. The van der Waals surface area contributed by atoms with Crippen molar-refractivity contribution in [2.45, 2.75) is 46.3 Å². The molecule has 0 aliphatic rings. The van der Waals surface area contributed by atoms with Gasteiger partial charge in [0, 0.05) is 30.7 Å². The van der Waals surface area contributed by atoms with Crippen molar-refractivity contribution in [2.75, 3.05) is 11.5 Å². The van der Waals surface area contributed by atoms with Gasteiger partial charge in [0.15, 0.2) is 9.84 Å². The Morgan fingerprint density at radius 3 is 2.72 bits per heavy atom. The lowest BCUT2D eigenvalue weighted by Gasteiger charge is -2.10. The van der Waals surface area contributed by atoms with Crippen LogP contribution in [0.25, 0.3) is 0 Å². The fourth-order valence-corrected chi connectivity index (χ4v) is 2.96. The van der Waals surface area contributed by atoms with Gasteiger partial charge in [0.05, 0.1) is 12.3 Å². The first-order chi connectivity index (χ1) is 8.44. The number of hydrogen-bond donors (Lipinski definition) is 1. The lowest BCUT2D eigenvalue weighted by molar-refractivity contribution is 0.547. The second kappa shape index (κ2) is 6.89. The molecular weight excluding hydrogens is 250 g/mol. The van der Waals surface area contributed by atoms with Crippen LogP contribution in [0.1, 0.15) is 33.0 Å². The maximum absolute atomic E-state index is 11.7. The van der Waals surface area contributed by atoms with Crippen LogP contribution in [0.5, 0.6) is 0 Å². The van der Waals surface area contributed by atoms with E-state index < -0.39 is 9.84 Å². The van der Waals surface area contributed by atoms with E-state index in [1.807, 2.05) is 17.7 Å². The second-order valence-electron chi connectivity index (χ2n) is 4.72. The lowest BCUT2D eigenvalue weighted by Crippen LogP contribution is -2.25. The number of rotatable bonds is 8. The Kier molecular flexibility index (Phi) is 5.81. The minimum absolute atomic E-state index is 0.186. The zero-order valence-corrected chi connectivity index (χ0v) is 12.2. The van der Waals surface area contributed by atoms with Gasteiger partial charge < -0.3 is 9.88 Å². The van der Waals surface area contributed by atoms with Gasteiger partial charge in [-0.25, -0.2) is 13.4 Å². The predicted molar refractivity (Wildman–Crippen MR) is 73.1 cm³/mol. The van der Waals surface area contributed by atoms with Crippen molar-refractivity contribution in [3.63, 3.8) is 0 Å². The minimum Gasteiger partial charge on any atom is -0.333 e. The highest BCUT2D eigenvalue weighted by Gasteiger charge is 2.11. The van der Waals surface area contributed by atoms with Crippen LogP contribution >= 0.6 is 0 Å². The van der Waals surface area contributed by atoms with Gasteiger partial charge in [-0.1, -0.05) is 20.8 Å². The first-order valence-electron chi connectivity index (χ1n) is 6.38. The highest BCUT2D eigenvalue weighted by atomic mass is 32.2. The maximum Gasteiger partial charge on any atom is 0.152 e. The van der Waals surface area contributed by atoms with Crippen molar-refractivity contribution >= 4 is 9.84 Å². The molecule has 0 aliphatic carbocycles. The fraction of sp³-hybridized carbons (Fsp3) is 0.750. The zero-order valence-electron chi connectivity index (χ0n) is 11.4. The maximum atomic E-state index is 11.7. The van der Waals surface area contributed by atoms with Crippen LogP contribution in [-0.2, 0) is 22.9 Å². The molecule has 0 amide bonds. The number of aryl methyl sites for hydroxylation is 1. The second-order valence-corrected chi connectivity index (χ2v) is 7.03. The number of imidazole rings is 1. The molecule has 6 heteroatoms. The van der Waals surface area contributed by atoms with Crippen molar-refractivity contribution in [1.82, 2.24) is 14.9 Å². The summed E-state index contributed by atoms with van der Waals surface area (Å²) in [7, 11) is -2.92. The Morgan fingerprint density at radius 2 is 2.11 bits per heavy atom. The van der Waals surface area contributed by atoms with Gasteiger partial charge in [-0.3, -0.25) is 0 Å². The van der Waals surface area contributed by atoms with Crippen molar-refractivity contribution < 1.29 is 8.42 Å². The van der Waals surface area contributed by atoms with E-state index in [0.29, 0.717) is 25.6 Å². The van der Waals surface area contributed by atoms with Crippen molar-refractivity contribution in [2.24, 2.45) is 0 Å². The average Bonchev–Trinajstić information content (AvgIpc) is 2.71.